The van der Waals surface area contributed by atoms with Gasteiger partial charge >= 0.3 is 5.97 Å². The zero-order valence-electron chi connectivity index (χ0n) is 13.5. The quantitative estimate of drug-likeness (QED) is 0.342. The van der Waals surface area contributed by atoms with E-state index in [2.05, 4.69) is 4.98 Å². The van der Waals surface area contributed by atoms with Crippen molar-refractivity contribution >= 4 is 17.7 Å². The van der Waals surface area contributed by atoms with E-state index in [9.17, 15) is 4.79 Å². The highest BCUT2D eigenvalue weighted by molar-refractivity contribution is 7.99. The molecular formula is C20H17NO3S. The summed E-state index contributed by atoms with van der Waals surface area (Å²) in [6, 6.07) is 22.3. The molecular weight excluding hydrogens is 334 g/mol. The number of benzene rings is 2. The van der Waals surface area contributed by atoms with E-state index in [1.807, 2.05) is 42.5 Å². The Morgan fingerprint density at radius 2 is 1.60 bits per heavy atom. The molecule has 0 atom stereocenters. The summed E-state index contributed by atoms with van der Waals surface area (Å²) in [5.74, 6) is 2.09. The first-order valence-corrected chi connectivity index (χ1v) is 8.86. The van der Waals surface area contributed by atoms with Crippen molar-refractivity contribution in [2.45, 2.75) is 11.3 Å². The smallest absolute Gasteiger partial charge is 0.312 e. The third kappa shape index (κ3) is 5.65. The van der Waals surface area contributed by atoms with Crippen LogP contribution in [-0.4, -0.2) is 16.7 Å². The molecule has 0 aliphatic heterocycles. The van der Waals surface area contributed by atoms with Gasteiger partial charge in [0.25, 0.3) is 0 Å². The molecule has 0 N–H and O–H groups in total. The van der Waals surface area contributed by atoms with Crippen LogP contribution in [0.5, 0.6) is 17.4 Å². The molecule has 2 aromatic carbocycles. The highest BCUT2D eigenvalue weighted by Crippen LogP contribution is 2.23. The number of pyridine rings is 1. The Bertz CT molecular complexity index is 792. The summed E-state index contributed by atoms with van der Waals surface area (Å²) in [7, 11) is 0. The lowest BCUT2D eigenvalue weighted by Gasteiger charge is -2.07. The Morgan fingerprint density at radius 3 is 2.32 bits per heavy atom. The Kier molecular flexibility index (Phi) is 6.06. The van der Waals surface area contributed by atoms with Gasteiger partial charge < -0.3 is 9.47 Å². The SMILES string of the molecule is O=C(CCSc1ccccc1)Oc1ccc(Oc2ccccn2)cc1. The van der Waals surface area contributed by atoms with Crippen molar-refractivity contribution in [3.8, 4) is 17.4 Å². The minimum atomic E-state index is -0.248. The number of thioether (sulfide) groups is 1. The van der Waals surface area contributed by atoms with Gasteiger partial charge in [0.05, 0.1) is 6.42 Å². The molecule has 0 spiro atoms. The largest absolute Gasteiger partial charge is 0.439 e. The maximum atomic E-state index is 11.9. The molecule has 0 fully saturated rings. The molecule has 126 valence electrons. The zero-order chi connectivity index (χ0) is 17.3. The number of hydrogen-bond acceptors (Lipinski definition) is 5. The molecule has 3 rings (SSSR count). The van der Waals surface area contributed by atoms with Gasteiger partial charge in [0, 0.05) is 22.9 Å². The van der Waals surface area contributed by atoms with E-state index in [1.165, 1.54) is 0 Å². The van der Waals surface area contributed by atoms with Gasteiger partial charge in [-0.1, -0.05) is 24.3 Å². The maximum Gasteiger partial charge on any atom is 0.312 e. The van der Waals surface area contributed by atoms with Crippen LogP contribution in [0.25, 0.3) is 0 Å². The van der Waals surface area contributed by atoms with Crippen LogP contribution in [0.2, 0.25) is 0 Å². The van der Waals surface area contributed by atoms with Crippen molar-refractivity contribution in [3.63, 3.8) is 0 Å². The van der Waals surface area contributed by atoms with Crippen molar-refractivity contribution in [2.75, 3.05) is 5.75 Å². The van der Waals surface area contributed by atoms with Gasteiger partial charge in [0.2, 0.25) is 5.88 Å². The summed E-state index contributed by atoms with van der Waals surface area (Å²) in [6.07, 6.45) is 2.02. The van der Waals surface area contributed by atoms with E-state index in [4.69, 9.17) is 9.47 Å². The summed E-state index contributed by atoms with van der Waals surface area (Å²) in [6.45, 7) is 0. The molecule has 0 unspecified atom stereocenters. The zero-order valence-corrected chi connectivity index (χ0v) is 14.3. The van der Waals surface area contributed by atoms with Gasteiger partial charge in [-0.2, -0.15) is 0 Å². The lowest BCUT2D eigenvalue weighted by Crippen LogP contribution is -2.08. The molecule has 0 radical (unpaired) electrons. The molecule has 0 saturated carbocycles. The normalized spacial score (nSPS) is 10.2. The van der Waals surface area contributed by atoms with Gasteiger partial charge in [-0.3, -0.25) is 4.79 Å². The predicted molar refractivity (Wildman–Crippen MR) is 98.2 cm³/mol. The standard InChI is InChI=1S/C20H17NO3S/c22-20(13-15-25-18-6-2-1-3-7-18)24-17-11-9-16(10-12-17)23-19-8-4-5-14-21-19/h1-12,14H,13,15H2. The first-order chi connectivity index (χ1) is 12.3. The molecule has 0 amide bonds. The number of hydrogen-bond donors (Lipinski definition) is 0. The molecule has 0 aliphatic rings. The van der Waals surface area contributed by atoms with Gasteiger partial charge in [0.1, 0.15) is 11.5 Å². The molecule has 0 aliphatic carbocycles. The van der Waals surface area contributed by atoms with E-state index >= 15 is 0 Å². The second-order valence-corrected chi connectivity index (χ2v) is 6.30. The summed E-state index contributed by atoms with van der Waals surface area (Å²) >= 11 is 1.64. The van der Waals surface area contributed by atoms with Gasteiger partial charge in [-0.25, -0.2) is 4.98 Å². The molecule has 0 bridgehead atoms. The molecule has 5 heteroatoms. The monoisotopic (exact) mass is 351 g/mol. The van der Waals surface area contributed by atoms with Crippen LogP contribution in [0.4, 0.5) is 0 Å². The Balaban J connectivity index is 1.45. The van der Waals surface area contributed by atoms with Crippen LogP contribution < -0.4 is 9.47 Å². The van der Waals surface area contributed by atoms with Crippen LogP contribution in [0.3, 0.4) is 0 Å². The summed E-state index contributed by atoms with van der Waals surface area (Å²) in [4.78, 5) is 17.1. The van der Waals surface area contributed by atoms with Crippen LogP contribution >= 0.6 is 11.8 Å². The van der Waals surface area contributed by atoms with E-state index in [-0.39, 0.29) is 5.97 Å². The first kappa shape index (κ1) is 17.0. The number of rotatable bonds is 7. The third-order valence-electron chi connectivity index (χ3n) is 3.23. The minimum Gasteiger partial charge on any atom is -0.439 e. The van der Waals surface area contributed by atoms with E-state index in [0.29, 0.717) is 29.6 Å². The molecule has 0 saturated heterocycles. The minimum absolute atomic E-state index is 0.248. The van der Waals surface area contributed by atoms with Crippen molar-refractivity contribution in [3.05, 3.63) is 79.0 Å². The number of esters is 1. The number of nitrogens with zero attached hydrogens (tertiary/aromatic N) is 1. The highest BCUT2D eigenvalue weighted by Gasteiger charge is 2.06. The summed E-state index contributed by atoms with van der Waals surface area (Å²) in [5, 5.41) is 0. The number of aromatic nitrogens is 1. The van der Waals surface area contributed by atoms with E-state index in [0.717, 1.165) is 4.90 Å². The Morgan fingerprint density at radius 1 is 0.880 bits per heavy atom. The second-order valence-electron chi connectivity index (χ2n) is 5.13. The van der Waals surface area contributed by atoms with Crippen molar-refractivity contribution in [1.29, 1.82) is 0 Å². The fourth-order valence-corrected chi connectivity index (χ4v) is 2.91. The fraction of sp³-hybridized carbons (Fsp3) is 0.100. The predicted octanol–water partition coefficient (Wildman–Crippen LogP) is 4.96. The molecule has 25 heavy (non-hydrogen) atoms. The lowest BCUT2D eigenvalue weighted by molar-refractivity contribution is -0.133. The number of carbonyl (C=O) groups is 1. The van der Waals surface area contributed by atoms with Gasteiger partial charge in [-0.05, 0) is 42.5 Å². The van der Waals surface area contributed by atoms with Gasteiger partial charge in [-0.15, -0.1) is 11.8 Å². The highest BCUT2D eigenvalue weighted by atomic mass is 32.2. The fourth-order valence-electron chi connectivity index (χ4n) is 2.06. The molecule has 1 aromatic heterocycles. The van der Waals surface area contributed by atoms with Crippen LogP contribution in [0.1, 0.15) is 6.42 Å². The summed E-state index contributed by atoms with van der Waals surface area (Å²) in [5.41, 5.74) is 0. The molecule has 1 heterocycles. The summed E-state index contributed by atoms with van der Waals surface area (Å²) < 4.78 is 10.9. The van der Waals surface area contributed by atoms with Crippen LogP contribution in [0, 0.1) is 0 Å². The van der Waals surface area contributed by atoms with Gasteiger partial charge in [0.15, 0.2) is 0 Å². The van der Waals surface area contributed by atoms with E-state index < -0.39 is 0 Å². The van der Waals surface area contributed by atoms with Crippen molar-refractivity contribution in [1.82, 2.24) is 4.98 Å². The molecule has 4 nitrogen and oxygen atoms in total. The third-order valence-corrected chi connectivity index (χ3v) is 4.25. The van der Waals surface area contributed by atoms with Crippen LogP contribution in [-0.2, 0) is 4.79 Å². The number of ether oxygens (including phenoxy) is 2. The lowest BCUT2D eigenvalue weighted by atomic mass is 10.3. The average molecular weight is 351 g/mol. The van der Waals surface area contributed by atoms with E-state index in [1.54, 1.807) is 48.3 Å². The first-order valence-electron chi connectivity index (χ1n) is 7.87. The second kappa shape index (κ2) is 8.89. The maximum absolute atomic E-state index is 11.9. The Hall–Kier alpha value is -2.79. The number of carbonyl (C=O) groups excluding carboxylic acids is 1. The Labute approximate surface area is 150 Å². The van der Waals surface area contributed by atoms with Crippen molar-refractivity contribution in [2.24, 2.45) is 0 Å². The van der Waals surface area contributed by atoms with Crippen molar-refractivity contribution < 1.29 is 14.3 Å². The molecule has 3 aromatic rings. The average Bonchev–Trinajstić information content (AvgIpc) is 2.65. The topological polar surface area (TPSA) is 48.4 Å². The van der Waals surface area contributed by atoms with Crippen LogP contribution in [0.15, 0.2) is 83.9 Å².